The summed E-state index contributed by atoms with van der Waals surface area (Å²) in [6.07, 6.45) is 1.12. The molecule has 184 valence electrons. The number of benzene rings is 2. The number of rotatable bonds is 7. The largest absolute Gasteiger partial charge is 0.507 e. The van der Waals surface area contributed by atoms with E-state index in [1.165, 1.54) is 21.1 Å². The van der Waals surface area contributed by atoms with Gasteiger partial charge in [0, 0.05) is 12.0 Å². The van der Waals surface area contributed by atoms with Gasteiger partial charge in [0.15, 0.2) is 17.3 Å². The van der Waals surface area contributed by atoms with Crippen molar-refractivity contribution in [2.24, 2.45) is 0 Å². The number of ether oxygens (including phenoxy) is 3. The van der Waals surface area contributed by atoms with Crippen molar-refractivity contribution in [3.05, 3.63) is 21.7 Å². The van der Waals surface area contributed by atoms with Gasteiger partial charge >= 0.3 is 0 Å². The molecule has 34 heavy (non-hydrogen) atoms. The van der Waals surface area contributed by atoms with Crippen molar-refractivity contribution in [1.29, 1.82) is 0 Å². The van der Waals surface area contributed by atoms with Crippen LogP contribution in [0.4, 0.5) is 0 Å². The third kappa shape index (κ3) is 3.79. The fraction of sp³-hybridized carbons (Fsp3) is 0.440. The van der Waals surface area contributed by atoms with E-state index in [4.69, 9.17) is 25.8 Å². The molecular weight excluding hydrogens is 464 g/mol. The Bertz CT molecular complexity index is 1190. The van der Waals surface area contributed by atoms with Crippen molar-refractivity contribution < 1.29 is 39.1 Å². The second-order valence-electron chi connectivity index (χ2n) is 8.56. The van der Waals surface area contributed by atoms with Crippen molar-refractivity contribution >= 4 is 23.2 Å². The molecule has 1 heterocycles. The van der Waals surface area contributed by atoms with E-state index in [2.05, 4.69) is 0 Å². The Morgan fingerprint density at radius 1 is 1.03 bits per heavy atom. The van der Waals surface area contributed by atoms with E-state index in [0.29, 0.717) is 12.8 Å². The van der Waals surface area contributed by atoms with Gasteiger partial charge in [0.2, 0.25) is 0 Å². The number of halogens is 1. The Hall–Kier alpha value is -3.13. The minimum absolute atomic E-state index is 0.0140. The van der Waals surface area contributed by atoms with Crippen LogP contribution >= 0.6 is 11.6 Å². The number of hydrogen-bond donors (Lipinski definition) is 3. The summed E-state index contributed by atoms with van der Waals surface area (Å²) in [7, 11) is 2.62. The zero-order valence-corrected chi connectivity index (χ0v) is 20.8. The summed E-state index contributed by atoms with van der Waals surface area (Å²) in [6.45, 7) is 6.91. The summed E-state index contributed by atoms with van der Waals surface area (Å²) >= 11 is 6.37. The molecule has 1 unspecified atom stereocenters. The molecule has 0 bridgehead atoms. The van der Waals surface area contributed by atoms with E-state index in [9.17, 15) is 24.9 Å². The smallest absolute Gasteiger partial charge is 0.174 e. The van der Waals surface area contributed by atoms with Gasteiger partial charge in [-0.25, -0.2) is 0 Å². The average Bonchev–Trinajstić information content (AvgIpc) is 2.79. The predicted molar refractivity (Wildman–Crippen MR) is 127 cm³/mol. The molecule has 0 aliphatic carbocycles. The topological polar surface area (TPSA) is 123 Å². The van der Waals surface area contributed by atoms with Gasteiger partial charge in [-0.05, 0) is 26.7 Å². The van der Waals surface area contributed by atoms with Crippen molar-refractivity contribution in [2.75, 3.05) is 14.2 Å². The normalized spacial score (nSPS) is 17.2. The molecule has 0 saturated carbocycles. The Kier molecular flexibility index (Phi) is 6.94. The van der Waals surface area contributed by atoms with Gasteiger partial charge in [-0.1, -0.05) is 25.4 Å². The standard InChI is InChI=1S/C25H29ClO8/c1-7-9-12(27)14-20(30)16(19(29)11(3)22(14)32-5)17-21(31)18(26)24(33-6)15-13(28)10-25(4,8-2)34-23(15)17/h29-31H,7-10H2,1-6H3. The number of hydrogen-bond acceptors (Lipinski definition) is 8. The number of fused-ring (bicyclic) bond motifs is 1. The number of phenolic OH excluding ortho intramolecular Hbond substituents is 3. The number of phenols is 3. The molecule has 9 heteroatoms. The fourth-order valence-electron chi connectivity index (χ4n) is 4.28. The lowest BCUT2D eigenvalue weighted by Gasteiger charge is -2.36. The summed E-state index contributed by atoms with van der Waals surface area (Å²) in [6, 6.07) is 0. The molecule has 0 saturated heterocycles. The molecular formula is C25H29ClO8. The Labute approximate surface area is 203 Å². The molecule has 0 amide bonds. The van der Waals surface area contributed by atoms with Crippen LogP contribution in [0.25, 0.3) is 11.1 Å². The first-order valence-corrected chi connectivity index (χ1v) is 11.4. The van der Waals surface area contributed by atoms with Crippen molar-refractivity contribution in [1.82, 2.24) is 0 Å². The maximum absolute atomic E-state index is 13.2. The molecule has 1 aliphatic rings. The number of Topliss-reactive ketones (excluding diaryl/α,β-unsaturated/α-hetero) is 2. The van der Waals surface area contributed by atoms with Crippen LogP contribution in [-0.4, -0.2) is 46.7 Å². The van der Waals surface area contributed by atoms with Gasteiger partial charge in [0.25, 0.3) is 0 Å². The van der Waals surface area contributed by atoms with Gasteiger partial charge in [-0.15, -0.1) is 0 Å². The van der Waals surface area contributed by atoms with Crippen LogP contribution in [0, 0.1) is 6.92 Å². The maximum atomic E-state index is 13.2. The Morgan fingerprint density at radius 2 is 1.65 bits per heavy atom. The number of aromatic hydroxyl groups is 3. The fourth-order valence-corrected chi connectivity index (χ4v) is 4.55. The molecule has 0 radical (unpaired) electrons. The minimum Gasteiger partial charge on any atom is -0.507 e. The first-order chi connectivity index (χ1) is 16.0. The number of ketones is 2. The molecule has 3 rings (SSSR count). The molecule has 0 fully saturated rings. The van der Waals surface area contributed by atoms with Crippen molar-refractivity contribution in [2.45, 2.75) is 59.0 Å². The average molecular weight is 493 g/mol. The van der Waals surface area contributed by atoms with Gasteiger partial charge in [-0.3, -0.25) is 9.59 Å². The van der Waals surface area contributed by atoms with Crippen LogP contribution in [-0.2, 0) is 0 Å². The quantitative estimate of drug-likeness (QED) is 0.429. The van der Waals surface area contributed by atoms with E-state index in [1.54, 1.807) is 6.92 Å². The molecule has 2 aromatic rings. The number of carbonyl (C=O) groups excluding carboxylic acids is 2. The molecule has 1 atom stereocenters. The highest BCUT2D eigenvalue weighted by Gasteiger charge is 2.42. The predicted octanol–water partition coefficient (Wildman–Crippen LogP) is 5.57. The van der Waals surface area contributed by atoms with Crippen LogP contribution in [0.15, 0.2) is 0 Å². The van der Waals surface area contributed by atoms with E-state index in [0.717, 1.165) is 0 Å². The molecule has 0 spiro atoms. The monoisotopic (exact) mass is 492 g/mol. The zero-order valence-electron chi connectivity index (χ0n) is 20.1. The molecule has 1 aliphatic heterocycles. The highest BCUT2D eigenvalue weighted by Crippen LogP contribution is 2.59. The second-order valence-corrected chi connectivity index (χ2v) is 8.94. The highest BCUT2D eigenvalue weighted by atomic mass is 35.5. The zero-order chi connectivity index (χ0) is 25.5. The van der Waals surface area contributed by atoms with E-state index >= 15 is 0 Å². The van der Waals surface area contributed by atoms with Crippen LogP contribution in [0.2, 0.25) is 5.02 Å². The van der Waals surface area contributed by atoms with E-state index < -0.39 is 28.6 Å². The van der Waals surface area contributed by atoms with Crippen LogP contribution in [0.3, 0.4) is 0 Å². The first-order valence-electron chi connectivity index (χ1n) is 11.0. The number of methoxy groups -OCH3 is 2. The SMILES string of the molecule is CCCC(=O)c1c(O)c(-c2c(O)c(Cl)c(OC)c3c2OC(C)(CC)CC3=O)c(O)c(C)c1OC. The Morgan fingerprint density at radius 3 is 2.18 bits per heavy atom. The van der Waals surface area contributed by atoms with Gasteiger partial charge in [-0.2, -0.15) is 0 Å². The van der Waals surface area contributed by atoms with Crippen LogP contribution in [0.1, 0.15) is 72.7 Å². The molecule has 8 nitrogen and oxygen atoms in total. The van der Waals surface area contributed by atoms with Crippen molar-refractivity contribution in [3.63, 3.8) is 0 Å². The summed E-state index contributed by atoms with van der Waals surface area (Å²) in [4.78, 5) is 26.1. The summed E-state index contributed by atoms with van der Waals surface area (Å²) in [5.74, 6) is -2.55. The van der Waals surface area contributed by atoms with Crippen LogP contribution in [0.5, 0.6) is 34.5 Å². The summed E-state index contributed by atoms with van der Waals surface area (Å²) in [5.41, 5.74) is -1.41. The summed E-state index contributed by atoms with van der Waals surface area (Å²) < 4.78 is 16.8. The lowest BCUT2D eigenvalue weighted by atomic mass is 9.85. The van der Waals surface area contributed by atoms with Crippen molar-refractivity contribution in [3.8, 4) is 45.6 Å². The highest BCUT2D eigenvalue weighted by molar-refractivity contribution is 6.35. The summed E-state index contributed by atoms with van der Waals surface area (Å²) in [5, 5.41) is 33.2. The molecule has 3 N–H and O–H groups in total. The first kappa shape index (κ1) is 25.5. The Balaban J connectivity index is 2.53. The van der Waals surface area contributed by atoms with Gasteiger partial charge in [0.1, 0.15) is 50.5 Å². The lowest BCUT2D eigenvalue weighted by Crippen LogP contribution is -2.39. The molecule has 2 aromatic carbocycles. The minimum atomic E-state index is -0.919. The third-order valence-corrected chi connectivity index (χ3v) is 6.63. The van der Waals surface area contributed by atoms with E-state index in [-0.39, 0.29) is 68.7 Å². The van der Waals surface area contributed by atoms with E-state index in [1.807, 2.05) is 13.8 Å². The maximum Gasteiger partial charge on any atom is 0.174 e. The molecule has 0 aromatic heterocycles. The van der Waals surface area contributed by atoms with Crippen LogP contribution < -0.4 is 14.2 Å². The van der Waals surface area contributed by atoms with Gasteiger partial charge < -0.3 is 29.5 Å². The third-order valence-electron chi connectivity index (χ3n) is 6.28. The van der Waals surface area contributed by atoms with Gasteiger partial charge in [0.05, 0.1) is 31.8 Å². The number of carbonyl (C=O) groups is 2. The lowest BCUT2D eigenvalue weighted by molar-refractivity contribution is 0.0495. The second kappa shape index (κ2) is 9.25.